The summed E-state index contributed by atoms with van der Waals surface area (Å²) < 4.78 is 0. The first-order valence-corrected chi connectivity index (χ1v) is 3.17. The number of carbonyl (C=O) groups is 3. The van der Waals surface area contributed by atoms with Crippen molar-refractivity contribution in [3.05, 3.63) is 0 Å². The molecule has 0 spiro atoms. The minimum absolute atomic E-state index is 0. The zero-order valence-corrected chi connectivity index (χ0v) is 18.8. The molecule has 0 saturated heterocycles. The molecule has 0 fully saturated rings. The third-order valence-corrected chi connectivity index (χ3v) is 1.29. The summed E-state index contributed by atoms with van der Waals surface area (Å²) in [7, 11) is 0. The van der Waals surface area contributed by atoms with E-state index in [1.54, 1.807) is 0 Å². The molecule has 4 N–H and O–H groups in total. The van der Waals surface area contributed by atoms with Crippen molar-refractivity contribution >= 4 is 172 Å². The van der Waals surface area contributed by atoms with Gasteiger partial charge in [0.1, 0.15) is 0 Å². The topological polar surface area (TPSA) is 132 Å². The quantitative estimate of drug-likeness (QED) is 0.416. The summed E-state index contributed by atoms with van der Waals surface area (Å²) in [5.41, 5.74) is -2.74. The number of carboxylic acids is 3. The fourth-order valence-electron chi connectivity index (χ4n) is 0.714. The van der Waals surface area contributed by atoms with Gasteiger partial charge in [-0.25, -0.2) is 4.79 Å². The summed E-state index contributed by atoms with van der Waals surface area (Å²) in [6.45, 7) is 0. The number of hydrogen-bond donors (Lipinski definition) is 4. The van der Waals surface area contributed by atoms with E-state index in [-0.39, 0.29) is 154 Å². The fraction of sp³-hybridized carbons (Fsp3) is 0.500. The minimum atomic E-state index is -2.74. The van der Waals surface area contributed by atoms with Crippen LogP contribution in [0.25, 0.3) is 0 Å². The molecule has 0 rings (SSSR count). The molecule has 0 atom stereocenters. The van der Waals surface area contributed by atoms with Crippen LogP contribution in [0.5, 0.6) is 0 Å². The van der Waals surface area contributed by atoms with Crippen LogP contribution in [-0.2, 0) is 14.4 Å². The van der Waals surface area contributed by atoms with Gasteiger partial charge in [-0.3, -0.25) is 9.59 Å². The second-order valence-electron chi connectivity index (χ2n) is 2.48. The number of hydrogen-bond acceptors (Lipinski definition) is 4. The molecule has 0 amide bonds. The zero-order valence-electron chi connectivity index (χ0n) is 9.43. The predicted molar refractivity (Wildman–Crippen MR) is 54.4 cm³/mol. The Morgan fingerprint density at radius 3 is 1.19 bits per heavy atom. The molecular formula is C6H8K3O7. The summed E-state index contributed by atoms with van der Waals surface area (Å²) in [5.74, 6) is -5.02. The number of aliphatic hydroxyl groups is 1. The van der Waals surface area contributed by atoms with Crippen molar-refractivity contribution < 1.29 is 34.8 Å². The van der Waals surface area contributed by atoms with Crippen LogP contribution < -0.4 is 0 Å². The molecule has 0 aromatic rings. The van der Waals surface area contributed by atoms with Crippen LogP contribution in [0.2, 0.25) is 0 Å². The molecule has 0 aliphatic carbocycles. The second-order valence-corrected chi connectivity index (χ2v) is 2.48. The third-order valence-electron chi connectivity index (χ3n) is 1.29. The number of rotatable bonds is 5. The average Bonchev–Trinajstić information content (AvgIpc) is 1.82. The third kappa shape index (κ3) is 12.3. The van der Waals surface area contributed by atoms with Crippen LogP contribution in [0.4, 0.5) is 0 Å². The van der Waals surface area contributed by atoms with Gasteiger partial charge in [-0.2, -0.15) is 0 Å². The van der Waals surface area contributed by atoms with Crippen LogP contribution in [0, 0.1) is 0 Å². The maximum absolute atomic E-state index is 10.3. The van der Waals surface area contributed by atoms with Gasteiger partial charge in [0.25, 0.3) is 0 Å². The molecule has 7 nitrogen and oxygen atoms in total. The maximum atomic E-state index is 10.3. The molecule has 10 heteroatoms. The van der Waals surface area contributed by atoms with Gasteiger partial charge in [0, 0.05) is 154 Å². The summed E-state index contributed by atoms with van der Waals surface area (Å²) in [5, 5.41) is 33.8. The van der Waals surface area contributed by atoms with Gasteiger partial charge < -0.3 is 20.4 Å². The molecule has 16 heavy (non-hydrogen) atoms. The monoisotopic (exact) mass is 309 g/mol. The molecule has 77 valence electrons. The van der Waals surface area contributed by atoms with Gasteiger partial charge in [0.15, 0.2) is 5.60 Å². The van der Waals surface area contributed by atoms with Gasteiger partial charge in [-0.15, -0.1) is 0 Å². The van der Waals surface area contributed by atoms with E-state index in [2.05, 4.69) is 0 Å². The SMILES string of the molecule is O=C(O)CC(O)(CC(=O)O)C(=O)O.[K].[K].[K]. The van der Waals surface area contributed by atoms with E-state index in [1.165, 1.54) is 0 Å². The van der Waals surface area contributed by atoms with Crippen molar-refractivity contribution in [3.63, 3.8) is 0 Å². The fourth-order valence-corrected chi connectivity index (χ4v) is 0.714. The van der Waals surface area contributed by atoms with Gasteiger partial charge in [0.05, 0.1) is 12.8 Å². The number of aliphatic carboxylic acids is 3. The molecule has 0 saturated carbocycles. The maximum Gasteiger partial charge on any atom is 0.336 e. The first-order valence-electron chi connectivity index (χ1n) is 3.17. The Bertz CT molecular complexity index is 239. The average molecular weight is 309 g/mol. The van der Waals surface area contributed by atoms with E-state index >= 15 is 0 Å². The predicted octanol–water partition coefficient (Wildman–Crippen LogP) is -2.39. The summed E-state index contributed by atoms with van der Waals surface area (Å²) in [4.78, 5) is 30.5. The molecule has 0 aliphatic heterocycles. The Morgan fingerprint density at radius 2 is 1.06 bits per heavy atom. The number of carboxylic acid groups (broad SMARTS) is 3. The molecule has 0 heterocycles. The van der Waals surface area contributed by atoms with Gasteiger partial charge in [-0.05, 0) is 0 Å². The molecule has 0 bridgehead atoms. The summed E-state index contributed by atoms with van der Waals surface area (Å²) in [6, 6.07) is 0. The molecular weight excluding hydrogens is 301 g/mol. The molecule has 0 unspecified atom stereocenters. The molecule has 0 aromatic heterocycles. The van der Waals surface area contributed by atoms with E-state index in [0.717, 1.165) is 0 Å². The van der Waals surface area contributed by atoms with Crippen LogP contribution in [0.1, 0.15) is 12.8 Å². The van der Waals surface area contributed by atoms with Gasteiger partial charge in [0.2, 0.25) is 0 Å². The van der Waals surface area contributed by atoms with Crippen LogP contribution >= 0.6 is 0 Å². The van der Waals surface area contributed by atoms with Crippen molar-refractivity contribution in [1.82, 2.24) is 0 Å². The zero-order chi connectivity index (χ0) is 10.6. The Kier molecular flexibility index (Phi) is 22.9. The van der Waals surface area contributed by atoms with E-state index < -0.39 is 36.4 Å². The first kappa shape index (κ1) is 27.6. The van der Waals surface area contributed by atoms with Crippen molar-refractivity contribution in [2.75, 3.05) is 0 Å². The first-order chi connectivity index (χ1) is 5.78. The Hall–Kier alpha value is 3.28. The normalized spacial score (nSPS) is 8.81. The summed E-state index contributed by atoms with van der Waals surface area (Å²) in [6.07, 6.45) is -2.29. The Balaban J connectivity index is -0.000000240. The van der Waals surface area contributed by atoms with E-state index in [4.69, 9.17) is 20.4 Å². The second kappa shape index (κ2) is 13.3. The molecule has 0 aliphatic rings. The standard InChI is InChI=1S/C6H8O7.3K/c7-3(8)1-6(13,5(11)12)2-4(9)10;;;/h13H,1-2H2,(H,7,8)(H,9,10)(H,11,12);;;. The van der Waals surface area contributed by atoms with Crippen molar-refractivity contribution in [3.8, 4) is 0 Å². The molecule has 3 radical (unpaired) electrons. The van der Waals surface area contributed by atoms with Gasteiger partial charge >= 0.3 is 17.9 Å². The van der Waals surface area contributed by atoms with Gasteiger partial charge in [-0.1, -0.05) is 0 Å². The Morgan fingerprint density at radius 1 is 0.812 bits per heavy atom. The summed E-state index contributed by atoms with van der Waals surface area (Å²) >= 11 is 0. The largest absolute Gasteiger partial charge is 0.481 e. The van der Waals surface area contributed by atoms with E-state index in [0.29, 0.717) is 0 Å². The van der Waals surface area contributed by atoms with Crippen LogP contribution in [0.3, 0.4) is 0 Å². The van der Waals surface area contributed by atoms with Crippen molar-refractivity contribution in [1.29, 1.82) is 0 Å². The minimum Gasteiger partial charge on any atom is -0.481 e. The van der Waals surface area contributed by atoms with Crippen LogP contribution in [-0.4, -0.2) is 198 Å². The Labute approximate surface area is 219 Å². The van der Waals surface area contributed by atoms with E-state index in [1.807, 2.05) is 0 Å². The van der Waals surface area contributed by atoms with Crippen LogP contribution in [0.15, 0.2) is 0 Å². The smallest absolute Gasteiger partial charge is 0.336 e. The van der Waals surface area contributed by atoms with E-state index in [9.17, 15) is 14.4 Å². The van der Waals surface area contributed by atoms with Crippen molar-refractivity contribution in [2.45, 2.75) is 18.4 Å². The molecule has 0 aromatic carbocycles. The van der Waals surface area contributed by atoms with Crippen molar-refractivity contribution in [2.24, 2.45) is 0 Å².